The Balaban J connectivity index is 2.36. The molecular weight excluding hydrogens is 220 g/mol. The van der Waals surface area contributed by atoms with E-state index in [1.54, 1.807) is 19.3 Å². The monoisotopic (exact) mass is 232 g/mol. The Labute approximate surface area is 97.2 Å². The smallest absolute Gasteiger partial charge is 0.180 e. The fourth-order valence-corrected chi connectivity index (χ4v) is 2.62. The summed E-state index contributed by atoms with van der Waals surface area (Å²) < 4.78 is 5.09. The van der Waals surface area contributed by atoms with Crippen LogP contribution in [0, 0.1) is 0 Å². The van der Waals surface area contributed by atoms with Crippen molar-refractivity contribution in [3.63, 3.8) is 0 Å². The number of allylic oxidation sites excluding steroid dienone is 2. The van der Waals surface area contributed by atoms with Gasteiger partial charge in [-0.15, -0.1) is 10.5 Å². The summed E-state index contributed by atoms with van der Waals surface area (Å²) in [6.07, 6.45) is 3.22. The molecule has 0 aromatic heterocycles. The molecule has 1 aromatic carbocycles. The molecular formula is C13H12O2S. The van der Waals surface area contributed by atoms with Crippen LogP contribution in [0.4, 0.5) is 0 Å². The summed E-state index contributed by atoms with van der Waals surface area (Å²) in [7, 11) is 1.39. The molecule has 82 valence electrons. The molecule has 1 aromatic rings. The maximum atomic E-state index is 11.3. The molecule has 2 nitrogen and oxygen atoms in total. The number of methoxy groups -OCH3 is 1. The van der Waals surface area contributed by atoms with E-state index in [1.807, 2.05) is 29.7 Å². The van der Waals surface area contributed by atoms with E-state index in [0.29, 0.717) is 0 Å². The number of rotatable bonds is 2. The molecule has 2 rings (SSSR count). The van der Waals surface area contributed by atoms with Crippen LogP contribution in [0.5, 0.6) is 5.75 Å². The number of carbonyl (C=O) groups excluding carboxylic acids is 1. The van der Waals surface area contributed by atoms with Crippen LogP contribution in [-0.2, 0) is 4.79 Å². The molecule has 0 amide bonds. The van der Waals surface area contributed by atoms with Crippen LogP contribution in [0.25, 0.3) is 4.91 Å². The van der Waals surface area contributed by atoms with Crippen LogP contribution >= 0.6 is 10.5 Å². The summed E-state index contributed by atoms with van der Waals surface area (Å²) in [6.45, 7) is 0. The topological polar surface area (TPSA) is 26.3 Å². The lowest BCUT2D eigenvalue weighted by molar-refractivity contribution is -0.110. The van der Waals surface area contributed by atoms with E-state index in [9.17, 15) is 4.79 Å². The Morgan fingerprint density at radius 3 is 2.56 bits per heavy atom. The van der Waals surface area contributed by atoms with Crippen molar-refractivity contribution in [1.29, 1.82) is 0 Å². The van der Waals surface area contributed by atoms with Crippen LogP contribution in [0.2, 0.25) is 0 Å². The lowest BCUT2D eigenvalue weighted by atomic mass is 10.2. The molecule has 0 radical (unpaired) electrons. The van der Waals surface area contributed by atoms with Gasteiger partial charge in [-0.25, -0.2) is 0 Å². The second-order valence-electron chi connectivity index (χ2n) is 3.37. The minimum Gasteiger partial charge on any atom is -0.497 e. The van der Waals surface area contributed by atoms with Crippen molar-refractivity contribution in [2.75, 3.05) is 7.11 Å². The standard InChI is InChI=1S/C13H12O2S/c1-15-12-5-3-10(4-6-12)13-9-11(14)7-8-16(13)2/h3-9H,2H2,1H3. The highest BCUT2D eigenvalue weighted by molar-refractivity contribution is 8.24. The predicted molar refractivity (Wildman–Crippen MR) is 69.8 cm³/mol. The number of hydrogen-bond donors (Lipinski definition) is 0. The maximum Gasteiger partial charge on any atom is 0.180 e. The van der Waals surface area contributed by atoms with Gasteiger partial charge in [0.1, 0.15) is 5.75 Å². The Kier molecular flexibility index (Phi) is 3.06. The second kappa shape index (κ2) is 4.49. The molecule has 0 spiro atoms. The fraction of sp³-hybridized carbons (Fsp3) is 0.0769. The normalized spacial score (nSPS) is 19.4. The number of carbonyl (C=O) groups is 1. The molecule has 0 N–H and O–H groups in total. The van der Waals surface area contributed by atoms with Crippen molar-refractivity contribution >= 4 is 27.0 Å². The van der Waals surface area contributed by atoms with Gasteiger partial charge in [-0.1, -0.05) is 18.0 Å². The third-order valence-corrected chi connectivity index (χ3v) is 3.71. The number of hydrogen-bond acceptors (Lipinski definition) is 2. The van der Waals surface area contributed by atoms with Crippen molar-refractivity contribution < 1.29 is 9.53 Å². The lowest BCUT2D eigenvalue weighted by Crippen LogP contribution is -1.94. The van der Waals surface area contributed by atoms with Gasteiger partial charge in [-0.05, 0) is 35.3 Å². The molecule has 16 heavy (non-hydrogen) atoms. The number of ether oxygens (including phenoxy) is 1. The van der Waals surface area contributed by atoms with Crippen LogP contribution < -0.4 is 4.74 Å². The summed E-state index contributed by atoms with van der Waals surface area (Å²) in [4.78, 5) is 12.3. The summed E-state index contributed by atoms with van der Waals surface area (Å²) in [5, 5.41) is 1.85. The predicted octanol–water partition coefficient (Wildman–Crippen LogP) is 2.83. The van der Waals surface area contributed by atoms with Gasteiger partial charge >= 0.3 is 0 Å². The van der Waals surface area contributed by atoms with E-state index >= 15 is 0 Å². The Hall–Kier alpha value is -1.61. The van der Waals surface area contributed by atoms with Gasteiger partial charge < -0.3 is 4.74 Å². The first-order valence-corrected chi connectivity index (χ1v) is 6.27. The van der Waals surface area contributed by atoms with E-state index in [0.717, 1.165) is 16.2 Å². The van der Waals surface area contributed by atoms with Gasteiger partial charge in [0.25, 0.3) is 0 Å². The largest absolute Gasteiger partial charge is 0.497 e. The third kappa shape index (κ3) is 2.14. The lowest BCUT2D eigenvalue weighted by Gasteiger charge is -2.12. The Bertz CT molecular complexity index is 495. The molecule has 1 unspecified atom stereocenters. The van der Waals surface area contributed by atoms with E-state index in [4.69, 9.17) is 4.74 Å². The minimum atomic E-state index is -0.239. The molecule has 0 fully saturated rings. The molecule has 0 bridgehead atoms. The average molecular weight is 232 g/mol. The van der Waals surface area contributed by atoms with Crippen LogP contribution in [0.1, 0.15) is 5.56 Å². The molecule has 1 aliphatic heterocycles. The number of ketones is 1. The van der Waals surface area contributed by atoms with Gasteiger partial charge in [-0.3, -0.25) is 4.79 Å². The maximum absolute atomic E-state index is 11.3. The minimum absolute atomic E-state index is 0.0261. The van der Waals surface area contributed by atoms with E-state index < -0.39 is 0 Å². The van der Waals surface area contributed by atoms with Crippen LogP contribution in [0.3, 0.4) is 0 Å². The Morgan fingerprint density at radius 2 is 1.94 bits per heavy atom. The van der Waals surface area contributed by atoms with Crippen molar-refractivity contribution in [1.82, 2.24) is 0 Å². The SMILES string of the molecule is C=S1C=CC(=O)C=C1c1ccc(OC)cc1. The van der Waals surface area contributed by atoms with Gasteiger partial charge in [0, 0.05) is 4.91 Å². The summed E-state index contributed by atoms with van der Waals surface area (Å²) in [5.74, 6) is 4.86. The van der Waals surface area contributed by atoms with Gasteiger partial charge in [0.05, 0.1) is 7.11 Å². The zero-order chi connectivity index (χ0) is 11.5. The highest BCUT2D eigenvalue weighted by Crippen LogP contribution is 2.36. The van der Waals surface area contributed by atoms with Crippen LogP contribution in [-0.4, -0.2) is 18.8 Å². The van der Waals surface area contributed by atoms with Gasteiger partial charge in [-0.2, -0.15) is 0 Å². The highest BCUT2D eigenvalue weighted by Gasteiger charge is 2.09. The molecule has 1 atom stereocenters. The zero-order valence-corrected chi connectivity index (χ0v) is 9.79. The third-order valence-electron chi connectivity index (χ3n) is 2.33. The second-order valence-corrected chi connectivity index (χ2v) is 4.94. The van der Waals surface area contributed by atoms with Crippen molar-refractivity contribution in [3.05, 3.63) is 47.4 Å². The summed E-state index contributed by atoms with van der Waals surface area (Å²) in [5.41, 5.74) is 1.02. The number of benzene rings is 1. The molecule has 0 saturated heterocycles. The molecule has 1 aliphatic rings. The van der Waals surface area contributed by atoms with Gasteiger partial charge in [0.2, 0.25) is 0 Å². The highest BCUT2D eigenvalue weighted by atomic mass is 32.2. The first kappa shape index (κ1) is 10.9. The average Bonchev–Trinajstić information content (AvgIpc) is 2.32. The molecule has 3 heteroatoms. The Morgan fingerprint density at radius 1 is 1.25 bits per heavy atom. The summed E-state index contributed by atoms with van der Waals surface area (Å²) in [6, 6.07) is 7.66. The van der Waals surface area contributed by atoms with E-state index in [-0.39, 0.29) is 16.3 Å². The molecule has 0 aliphatic carbocycles. The van der Waals surface area contributed by atoms with Gasteiger partial charge in [0.15, 0.2) is 5.78 Å². The van der Waals surface area contributed by atoms with E-state index in [2.05, 4.69) is 5.87 Å². The quantitative estimate of drug-likeness (QED) is 0.733. The van der Waals surface area contributed by atoms with Crippen LogP contribution in [0.15, 0.2) is 41.8 Å². The zero-order valence-electron chi connectivity index (χ0n) is 8.97. The van der Waals surface area contributed by atoms with E-state index in [1.165, 1.54) is 0 Å². The fourth-order valence-electron chi connectivity index (χ4n) is 1.47. The summed E-state index contributed by atoms with van der Waals surface area (Å²) >= 11 is 0. The van der Waals surface area contributed by atoms with Crippen molar-refractivity contribution in [2.24, 2.45) is 0 Å². The molecule has 0 saturated carbocycles. The van der Waals surface area contributed by atoms with Crippen molar-refractivity contribution in [2.45, 2.75) is 0 Å². The first-order valence-electron chi connectivity index (χ1n) is 4.82. The molecule has 1 heterocycles. The van der Waals surface area contributed by atoms with Crippen molar-refractivity contribution in [3.8, 4) is 5.75 Å². The first-order chi connectivity index (χ1) is 7.70.